The molecule has 11 rings (SSSR count). The first-order valence-electron chi connectivity index (χ1n) is 24.1. The predicted molar refractivity (Wildman–Crippen MR) is 296 cm³/mol. The van der Waals surface area contributed by atoms with Crippen LogP contribution in [0.1, 0.15) is 18.4 Å². The summed E-state index contributed by atoms with van der Waals surface area (Å²) in [5.41, 5.74) is 9.64. The molecule has 0 saturated carbocycles. The summed E-state index contributed by atoms with van der Waals surface area (Å²) in [5.74, 6) is 6.38. The summed E-state index contributed by atoms with van der Waals surface area (Å²) in [5, 5.41) is 0. The van der Waals surface area contributed by atoms with Crippen molar-refractivity contribution in [3.05, 3.63) is 272 Å². The first-order valence-corrected chi connectivity index (χ1v) is 24.9. The van der Waals surface area contributed by atoms with Gasteiger partial charge in [0.15, 0.2) is 0 Å². The maximum atomic E-state index is 6.21. The quantitative estimate of drug-likeness (QED) is 0.0961. The number of thiophene rings is 1. The molecular formula is C65H50N2O4S. The fraction of sp³-hybridized carbons (Fsp3) is 0.0462. The van der Waals surface area contributed by atoms with E-state index < -0.39 is 0 Å². The van der Waals surface area contributed by atoms with Gasteiger partial charge in [0.2, 0.25) is 0 Å². The number of hydrogen-bond acceptors (Lipinski definition) is 7. The van der Waals surface area contributed by atoms with Gasteiger partial charge in [0.05, 0.1) is 0 Å². The highest BCUT2D eigenvalue weighted by Crippen LogP contribution is 2.43. The molecule has 0 saturated heterocycles. The molecule has 0 fully saturated rings. The zero-order valence-corrected chi connectivity index (χ0v) is 40.5. The summed E-state index contributed by atoms with van der Waals surface area (Å²) in [7, 11) is 0. The van der Waals surface area contributed by atoms with E-state index in [1.54, 1.807) is 0 Å². The molecule has 0 unspecified atom stereocenters. The lowest BCUT2D eigenvalue weighted by Crippen LogP contribution is -2.09. The Balaban J connectivity index is 0.852. The number of benzene rings is 9. The van der Waals surface area contributed by atoms with Gasteiger partial charge in [0, 0.05) is 43.9 Å². The van der Waals surface area contributed by atoms with E-state index in [1.165, 1.54) is 20.9 Å². The van der Waals surface area contributed by atoms with Gasteiger partial charge in [-0.3, -0.25) is 0 Å². The molecule has 350 valence electrons. The molecule has 10 aromatic rings. The van der Waals surface area contributed by atoms with Crippen molar-refractivity contribution in [2.45, 2.75) is 19.8 Å². The minimum absolute atomic E-state index is 0.768. The number of anilines is 6. The van der Waals surface area contributed by atoms with Gasteiger partial charge in [-0.15, -0.1) is 11.3 Å². The van der Waals surface area contributed by atoms with Gasteiger partial charge < -0.3 is 28.7 Å². The van der Waals surface area contributed by atoms with Crippen LogP contribution in [0.2, 0.25) is 0 Å². The van der Waals surface area contributed by atoms with Crippen molar-refractivity contribution in [2.75, 3.05) is 9.80 Å². The Morgan fingerprint density at radius 3 is 1.04 bits per heavy atom. The molecule has 1 aromatic heterocycles. The van der Waals surface area contributed by atoms with Crippen LogP contribution in [0.5, 0.6) is 40.2 Å². The highest BCUT2D eigenvalue weighted by molar-refractivity contribution is 7.19. The van der Waals surface area contributed by atoms with E-state index in [4.69, 9.17) is 18.9 Å². The van der Waals surface area contributed by atoms with Crippen molar-refractivity contribution in [2.24, 2.45) is 0 Å². The number of allylic oxidation sites excluding steroid dienone is 3. The molecule has 0 amide bonds. The molecule has 1 aliphatic rings. The maximum Gasteiger partial charge on any atom is 0.127 e. The average Bonchev–Trinajstić information content (AvgIpc) is 3.83. The monoisotopic (exact) mass is 954 g/mol. The van der Waals surface area contributed by atoms with Gasteiger partial charge in [-0.2, -0.15) is 0 Å². The number of ether oxygens (including phenoxy) is 4. The largest absolute Gasteiger partial charge is 0.458 e. The van der Waals surface area contributed by atoms with E-state index in [1.807, 2.05) is 157 Å². The van der Waals surface area contributed by atoms with Gasteiger partial charge in [0.25, 0.3) is 0 Å². The third-order valence-corrected chi connectivity index (χ3v) is 13.6. The molecule has 9 aromatic carbocycles. The van der Waals surface area contributed by atoms with Crippen molar-refractivity contribution in [3.8, 4) is 61.1 Å². The van der Waals surface area contributed by atoms with Crippen LogP contribution in [-0.2, 0) is 0 Å². The van der Waals surface area contributed by atoms with Gasteiger partial charge in [-0.05, 0) is 212 Å². The van der Waals surface area contributed by atoms with Crippen LogP contribution in [0.4, 0.5) is 34.1 Å². The van der Waals surface area contributed by atoms with E-state index >= 15 is 0 Å². The molecule has 0 atom stereocenters. The minimum atomic E-state index is 0.768. The SMILES string of the molecule is Cc1cc(-c2ccc(N(c3ccc(Oc4ccccc4)cc3)c3ccc(Oc4ccccc4)cc3)cc2)sc1-c1ccc(N(c2ccc(OC3=CCCC=C3)cc2)c2ccc(Oc3ccccc3)cc2)cc1. The van der Waals surface area contributed by atoms with Crippen molar-refractivity contribution in [3.63, 3.8) is 0 Å². The number of hydrogen-bond donors (Lipinski definition) is 0. The smallest absolute Gasteiger partial charge is 0.127 e. The van der Waals surface area contributed by atoms with Crippen LogP contribution >= 0.6 is 11.3 Å². The number of rotatable bonds is 16. The second kappa shape index (κ2) is 21.3. The third kappa shape index (κ3) is 10.7. The Morgan fingerprint density at radius 1 is 0.347 bits per heavy atom. The zero-order chi connectivity index (χ0) is 48.5. The molecule has 6 nitrogen and oxygen atoms in total. The van der Waals surface area contributed by atoms with Crippen LogP contribution in [0, 0.1) is 6.92 Å². The van der Waals surface area contributed by atoms with Gasteiger partial charge >= 0.3 is 0 Å². The molecule has 0 aliphatic heterocycles. The van der Waals surface area contributed by atoms with Crippen molar-refractivity contribution in [1.29, 1.82) is 0 Å². The van der Waals surface area contributed by atoms with E-state index in [2.05, 4.69) is 132 Å². The van der Waals surface area contributed by atoms with E-state index in [0.29, 0.717) is 0 Å². The Labute approximate surface area is 425 Å². The molecule has 0 N–H and O–H groups in total. The Kier molecular flexibility index (Phi) is 13.4. The second-order valence-electron chi connectivity index (χ2n) is 17.3. The number of aryl methyl sites for hydroxylation is 1. The molecule has 7 heteroatoms. The van der Waals surface area contributed by atoms with E-state index in [9.17, 15) is 0 Å². The first kappa shape index (κ1) is 45.4. The molecule has 0 bridgehead atoms. The van der Waals surface area contributed by atoms with Crippen molar-refractivity contribution >= 4 is 45.5 Å². The lowest BCUT2D eigenvalue weighted by atomic mass is 10.1. The van der Waals surface area contributed by atoms with E-state index in [-0.39, 0.29) is 0 Å². The lowest BCUT2D eigenvalue weighted by Gasteiger charge is -2.26. The maximum absolute atomic E-state index is 6.21. The standard InChI is InChI=1S/C65H50N2O4S/c1-47-46-64(48-22-26-50(27-23-48)66(52-30-38-60(39-31-52)68-56-14-6-2-7-15-56)53-32-40-61(41-33-53)69-57-16-8-3-9-17-57)72-65(47)49-24-28-51(29-25-49)67(54-34-42-62(43-35-54)70-58-18-10-4-11-19-58)55-36-44-63(45-37-55)71-59-20-12-5-13-21-59/h2-4,6-12,14-46H,5,13H2,1H3. The van der Waals surface area contributed by atoms with Crippen LogP contribution in [0.15, 0.2) is 267 Å². The van der Waals surface area contributed by atoms with Gasteiger partial charge in [-0.25, -0.2) is 0 Å². The second-order valence-corrected chi connectivity index (χ2v) is 18.3. The van der Waals surface area contributed by atoms with Gasteiger partial charge in [0.1, 0.15) is 46.0 Å². The predicted octanol–water partition coefficient (Wildman–Crippen LogP) is 19.3. The fourth-order valence-electron chi connectivity index (χ4n) is 8.67. The zero-order valence-electron chi connectivity index (χ0n) is 39.7. The molecule has 0 radical (unpaired) electrons. The van der Waals surface area contributed by atoms with E-state index in [0.717, 1.165) is 98.5 Å². The third-order valence-electron chi connectivity index (χ3n) is 12.2. The highest BCUT2D eigenvalue weighted by atomic mass is 32.1. The molecule has 1 aliphatic carbocycles. The Hall–Kier alpha value is -9.04. The topological polar surface area (TPSA) is 43.4 Å². The van der Waals surface area contributed by atoms with Crippen molar-refractivity contribution < 1.29 is 18.9 Å². The molecule has 0 spiro atoms. The van der Waals surface area contributed by atoms with Crippen LogP contribution in [-0.4, -0.2) is 0 Å². The summed E-state index contributed by atoms with van der Waals surface area (Å²) in [6, 6.07) is 82.5. The first-order chi connectivity index (χ1) is 35.5. The van der Waals surface area contributed by atoms with Crippen LogP contribution in [0.3, 0.4) is 0 Å². The summed E-state index contributed by atoms with van der Waals surface area (Å²) in [4.78, 5) is 6.95. The normalized spacial score (nSPS) is 11.9. The Morgan fingerprint density at radius 2 is 0.681 bits per heavy atom. The molecule has 1 heterocycles. The highest BCUT2D eigenvalue weighted by Gasteiger charge is 2.18. The van der Waals surface area contributed by atoms with Crippen LogP contribution < -0.4 is 28.7 Å². The summed E-state index contributed by atoms with van der Waals surface area (Å²) in [6.07, 6.45) is 8.37. The number of para-hydroxylation sites is 3. The van der Waals surface area contributed by atoms with Crippen LogP contribution in [0.25, 0.3) is 20.9 Å². The summed E-state index contributed by atoms with van der Waals surface area (Å²) >= 11 is 1.81. The van der Waals surface area contributed by atoms with Crippen molar-refractivity contribution in [1.82, 2.24) is 0 Å². The summed E-state index contributed by atoms with van der Waals surface area (Å²) < 4.78 is 24.7. The Bertz CT molecular complexity index is 3330. The summed E-state index contributed by atoms with van der Waals surface area (Å²) in [6.45, 7) is 2.20. The lowest BCUT2D eigenvalue weighted by molar-refractivity contribution is 0.439. The molecule has 72 heavy (non-hydrogen) atoms. The fourth-order valence-corrected chi connectivity index (χ4v) is 9.85. The van der Waals surface area contributed by atoms with Gasteiger partial charge in [-0.1, -0.05) is 84.9 Å². The number of nitrogens with zero attached hydrogens (tertiary/aromatic N) is 2. The minimum Gasteiger partial charge on any atom is -0.458 e. The molecular weight excluding hydrogens is 905 g/mol. The average molecular weight is 955 g/mol.